The minimum atomic E-state index is -4.80. The van der Waals surface area contributed by atoms with Gasteiger partial charge in [0.15, 0.2) is 0 Å². The minimum absolute atomic E-state index is 0.0463. The van der Waals surface area contributed by atoms with Gasteiger partial charge in [-0.05, 0) is 170 Å². The molecular weight excluding hydrogens is 689 g/mol. The third-order valence-corrected chi connectivity index (χ3v) is 17.8. The molecule has 2 aromatic carbocycles. The molecule has 8 heteroatoms. The zero-order valence-electron chi connectivity index (χ0n) is 31.0. The lowest BCUT2D eigenvalue weighted by molar-refractivity contribution is 0.393. The van der Waals surface area contributed by atoms with Crippen molar-refractivity contribution < 1.29 is 25.6 Å². The molecule has 52 heavy (non-hydrogen) atoms. The van der Waals surface area contributed by atoms with E-state index < -0.39 is 20.2 Å². The molecule has 284 valence electrons. The molecule has 6 atom stereocenters. The lowest BCUT2D eigenvalue weighted by Crippen LogP contribution is -2.22. The van der Waals surface area contributed by atoms with Gasteiger partial charge < -0.3 is 8.74 Å². The van der Waals surface area contributed by atoms with Gasteiger partial charge in [-0.15, -0.1) is 0 Å². The van der Waals surface area contributed by atoms with Crippen LogP contribution in [0.3, 0.4) is 0 Å². The Morgan fingerprint density at radius 1 is 0.481 bits per heavy atom. The fourth-order valence-electron chi connectivity index (χ4n) is 13.0. The van der Waals surface area contributed by atoms with Gasteiger partial charge in [-0.1, -0.05) is 82.8 Å². The molecule has 7 aliphatic carbocycles. The Kier molecular flexibility index (Phi) is 9.85. The van der Waals surface area contributed by atoms with E-state index in [-0.39, 0.29) is 34.3 Å². The highest BCUT2D eigenvalue weighted by atomic mass is 32.2. The first-order chi connectivity index (χ1) is 25.1. The molecule has 9 rings (SSSR count). The molecule has 7 saturated carbocycles. The zero-order valence-corrected chi connectivity index (χ0v) is 32.7. The predicted octanol–water partition coefficient (Wildman–Crippen LogP) is 11.3. The lowest BCUT2D eigenvalue weighted by Gasteiger charge is -2.33. The Labute approximate surface area is 313 Å². The van der Waals surface area contributed by atoms with Crippen LogP contribution in [0.5, 0.6) is 5.75 Å². The fourth-order valence-corrected chi connectivity index (χ4v) is 15.5. The second-order valence-corrected chi connectivity index (χ2v) is 21.3. The summed E-state index contributed by atoms with van der Waals surface area (Å²) in [5.41, 5.74) is 4.37. The van der Waals surface area contributed by atoms with Crippen LogP contribution in [-0.4, -0.2) is 21.4 Å². The van der Waals surface area contributed by atoms with E-state index >= 15 is 8.42 Å². The van der Waals surface area contributed by atoms with Gasteiger partial charge in [0.2, 0.25) is 0 Å². The molecule has 0 amide bonds. The third-order valence-electron chi connectivity index (χ3n) is 15.4. The Morgan fingerprint density at radius 3 is 1.31 bits per heavy atom. The van der Waals surface area contributed by atoms with Crippen molar-refractivity contribution in [2.75, 3.05) is 0 Å². The molecule has 0 spiro atoms. The van der Waals surface area contributed by atoms with Crippen molar-refractivity contribution >= 4 is 20.2 Å². The summed E-state index contributed by atoms with van der Waals surface area (Å²) in [5.74, 6) is 2.70. The number of hydrogen-bond donors (Lipinski definition) is 0. The van der Waals surface area contributed by atoms with E-state index in [9.17, 15) is 13.0 Å². The van der Waals surface area contributed by atoms with Gasteiger partial charge in [0, 0.05) is 0 Å². The molecule has 6 unspecified atom stereocenters. The topological polar surface area (TPSA) is 101 Å². The maximum absolute atomic E-state index is 15.2. The highest BCUT2D eigenvalue weighted by Gasteiger charge is 2.46. The second kappa shape index (κ2) is 14.3. The average molecular weight is 748 g/mol. The van der Waals surface area contributed by atoms with Crippen LogP contribution in [0.2, 0.25) is 0 Å². The van der Waals surface area contributed by atoms with Gasteiger partial charge in [-0.3, -0.25) is 0 Å². The summed E-state index contributed by atoms with van der Waals surface area (Å²) >= 11 is 0. The predicted molar refractivity (Wildman–Crippen MR) is 203 cm³/mol. The Bertz CT molecular complexity index is 1780. The van der Waals surface area contributed by atoms with Crippen LogP contribution in [0.4, 0.5) is 0 Å². The van der Waals surface area contributed by atoms with Gasteiger partial charge in [-0.25, -0.2) is 8.42 Å². The van der Waals surface area contributed by atoms with Gasteiger partial charge in [-0.2, -0.15) is 8.42 Å². The van der Waals surface area contributed by atoms with E-state index in [2.05, 4.69) is 12.1 Å². The van der Waals surface area contributed by atoms with Crippen molar-refractivity contribution in [3.05, 3.63) is 52.1 Å². The molecule has 0 heterocycles. The highest BCUT2D eigenvalue weighted by Crippen LogP contribution is 2.58. The molecule has 0 aromatic heterocycles. The van der Waals surface area contributed by atoms with E-state index in [0.29, 0.717) is 45.6 Å². The molecule has 0 radical (unpaired) electrons. The molecule has 0 aliphatic heterocycles. The molecule has 0 N–H and O–H groups in total. The van der Waals surface area contributed by atoms with Gasteiger partial charge >= 0.3 is 10.1 Å². The van der Waals surface area contributed by atoms with Crippen LogP contribution < -0.4 is 4.18 Å². The van der Waals surface area contributed by atoms with Gasteiger partial charge in [0.05, 0.1) is 4.90 Å². The SMILES string of the molecule is O=S(=O)([O-])c1c(C2CC3CCC2C3)cc(OS(=O)(=O)c2c(C3CCCCC3)cc(C3CCCCC3)cc2C2CCCCC2)cc1C1CC2CCC1C2. The summed E-state index contributed by atoms with van der Waals surface area (Å²) in [5, 5.41) is 0. The first-order valence-corrected chi connectivity index (χ1v) is 24.2. The largest absolute Gasteiger partial charge is 0.744 e. The van der Waals surface area contributed by atoms with Crippen LogP contribution >= 0.6 is 0 Å². The number of hydrogen-bond acceptors (Lipinski definition) is 6. The standard InChI is InChI=1S/C44H60O6S2/c45-51(46,47)43-41(37-22-28-16-18-33(37)20-28)26-36(27-42(43)38-23-29-17-19-34(38)21-29)50-52(48,49)44-39(31-12-6-2-7-13-31)24-35(30-10-4-1-5-11-30)25-40(44)32-14-8-3-9-15-32/h24-34,37-38H,1-23H2,(H,45,46,47)/p-1. The van der Waals surface area contributed by atoms with Crippen molar-refractivity contribution in [3.63, 3.8) is 0 Å². The lowest BCUT2D eigenvalue weighted by atomic mass is 9.76. The summed E-state index contributed by atoms with van der Waals surface area (Å²) in [6.07, 6.45) is 25.1. The molecule has 4 bridgehead atoms. The monoisotopic (exact) mass is 747 g/mol. The first-order valence-electron chi connectivity index (χ1n) is 21.4. The fraction of sp³-hybridized carbons (Fsp3) is 0.727. The molecular formula is C44H59O6S2-. The Balaban J connectivity index is 1.19. The number of benzene rings is 2. The van der Waals surface area contributed by atoms with E-state index in [1.165, 1.54) is 50.5 Å². The number of fused-ring (bicyclic) bond motifs is 4. The molecule has 2 aromatic rings. The van der Waals surface area contributed by atoms with Gasteiger partial charge in [0.1, 0.15) is 20.8 Å². The summed E-state index contributed by atoms with van der Waals surface area (Å²) < 4.78 is 76.8. The Morgan fingerprint density at radius 2 is 0.923 bits per heavy atom. The summed E-state index contributed by atoms with van der Waals surface area (Å²) in [4.78, 5) is 0.365. The maximum atomic E-state index is 15.2. The first kappa shape index (κ1) is 35.8. The van der Waals surface area contributed by atoms with Crippen molar-refractivity contribution in [2.45, 2.75) is 187 Å². The van der Waals surface area contributed by atoms with Crippen LogP contribution in [-0.2, 0) is 20.2 Å². The van der Waals surface area contributed by atoms with Crippen molar-refractivity contribution in [1.82, 2.24) is 0 Å². The highest BCUT2D eigenvalue weighted by molar-refractivity contribution is 7.87. The van der Waals surface area contributed by atoms with Crippen LogP contribution in [0.15, 0.2) is 34.1 Å². The van der Waals surface area contributed by atoms with Crippen LogP contribution in [0, 0.1) is 23.7 Å². The van der Waals surface area contributed by atoms with Crippen molar-refractivity contribution in [1.29, 1.82) is 0 Å². The normalized spacial score (nSPS) is 31.8. The van der Waals surface area contributed by atoms with Gasteiger partial charge in [0.25, 0.3) is 0 Å². The second-order valence-electron chi connectivity index (χ2n) is 18.5. The number of rotatable bonds is 9. The van der Waals surface area contributed by atoms with E-state index in [0.717, 1.165) is 114 Å². The smallest absolute Gasteiger partial charge is 0.339 e. The molecule has 7 fully saturated rings. The quantitative estimate of drug-likeness (QED) is 0.187. The van der Waals surface area contributed by atoms with Crippen molar-refractivity contribution in [2.24, 2.45) is 23.7 Å². The minimum Gasteiger partial charge on any atom is -0.744 e. The van der Waals surface area contributed by atoms with Crippen LogP contribution in [0.25, 0.3) is 0 Å². The molecule has 7 aliphatic rings. The van der Waals surface area contributed by atoms with Crippen molar-refractivity contribution in [3.8, 4) is 5.75 Å². The summed E-state index contributed by atoms with van der Waals surface area (Å²) in [7, 11) is -9.10. The van der Waals surface area contributed by atoms with E-state index in [1.54, 1.807) is 12.1 Å². The Hall–Kier alpha value is -1.90. The maximum Gasteiger partial charge on any atom is 0.339 e. The van der Waals surface area contributed by atoms with E-state index in [4.69, 9.17) is 4.18 Å². The third kappa shape index (κ3) is 6.82. The average Bonchev–Trinajstić information content (AvgIpc) is 3.98. The molecule has 6 nitrogen and oxygen atoms in total. The summed E-state index contributed by atoms with van der Waals surface area (Å²) in [6.45, 7) is 0. The van der Waals surface area contributed by atoms with Crippen LogP contribution in [0.1, 0.15) is 205 Å². The summed E-state index contributed by atoms with van der Waals surface area (Å²) in [6, 6.07) is 7.93. The van der Waals surface area contributed by atoms with E-state index in [1.807, 2.05) is 0 Å². The molecule has 0 saturated heterocycles. The zero-order chi connectivity index (χ0) is 35.6.